The van der Waals surface area contributed by atoms with Gasteiger partial charge in [-0.05, 0) is 31.0 Å². The van der Waals surface area contributed by atoms with E-state index < -0.39 is 0 Å². The van der Waals surface area contributed by atoms with Gasteiger partial charge in [0.2, 0.25) is 0 Å². The molecule has 22 heavy (non-hydrogen) atoms. The molecule has 0 amide bonds. The maximum Gasteiger partial charge on any atom is 0.338 e. The van der Waals surface area contributed by atoms with E-state index in [0.717, 1.165) is 11.1 Å². The number of esters is 1. The summed E-state index contributed by atoms with van der Waals surface area (Å²) in [6, 6.07) is 15.3. The Hall–Kier alpha value is -2.55. The van der Waals surface area contributed by atoms with E-state index in [1.807, 2.05) is 36.4 Å². The molecule has 0 heterocycles. The summed E-state index contributed by atoms with van der Waals surface area (Å²) in [5.41, 5.74) is 2.42. The highest BCUT2D eigenvalue weighted by atomic mass is 16.5. The monoisotopic (exact) mass is 296 g/mol. The molecule has 114 valence electrons. The summed E-state index contributed by atoms with van der Waals surface area (Å²) < 4.78 is 11.0. The van der Waals surface area contributed by atoms with Gasteiger partial charge in [-0.25, -0.2) is 4.79 Å². The number of hydrogen-bond acceptors (Lipinski definition) is 3. The first-order valence-corrected chi connectivity index (χ1v) is 7.33. The molecule has 3 heteroatoms. The molecule has 0 aliphatic rings. The minimum Gasteiger partial charge on any atom is -0.489 e. The van der Waals surface area contributed by atoms with Crippen LogP contribution >= 0.6 is 0 Å². The SMILES string of the molecule is C=CCc1c(OCc2ccccc2)cccc1C(=O)OCC. The van der Waals surface area contributed by atoms with Crippen LogP contribution in [0.25, 0.3) is 0 Å². The predicted molar refractivity (Wildman–Crippen MR) is 87.1 cm³/mol. The summed E-state index contributed by atoms with van der Waals surface area (Å²) in [6.07, 6.45) is 2.31. The summed E-state index contributed by atoms with van der Waals surface area (Å²) in [5.74, 6) is 0.360. The molecule has 0 aromatic heterocycles. The van der Waals surface area contributed by atoms with Crippen LogP contribution in [0, 0.1) is 0 Å². The average molecular weight is 296 g/mol. The minimum absolute atomic E-state index is 0.329. The molecular weight excluding hydrogens is 276 g/mol. The quantitative estimate of drug-likeness (QED) is 0.568. The molecule has 0 aliphatic heterocycles. The van der Waals surface area contributed by atoms with E-state index in [4.69, 9.17) is 9.47 Å². The molecule has 0 N–H and O–H groups in total. The molecule has 0 unspecified atom stereocenters. The number of benzene rings is 2. The van der Waals surface area contributed by atoms with Gasteiger partial charge in [-0.15, -0.1) is 6.58 Å². The minimum atomic E-state index is -0.329. The van der Waals surface area contributed by atoms with E-state index in [1.165, 1.54) is 0 Å². The highest BCUT2D eigenvalue weighted by molar-refractivity contribution is 5.92. The first-order chi connectivity index (χ1) is 10.8. The Morgan fingerprint density at radius 1 is 1.14 bits per heavy atom. The molecule has 0 aliphatic carbocycles. The fourth-order valence-electron chi connectivity index (χ4n) is 2.19. The zero-order valence-electron chi connectivity index (χ0n) is 12.7. The Labute approximate surface area is 131 Å². The van der Waals surface area contributed by atoms with Crippen LogP contribution in [0.3, 0.4) is 0 Å². The first kappa shape index (κ1) is 15.8. The molecule has 0 saturated heterocycles. The lowest BCUT2D eigenvalue weighted by atomic mass is 10.0. The Morgan fingerprint density at radius 3 is 2.59 bits per heavy atom. The lowest BCUT2D eigenvalue weighted by molar-refractivity contribution is 0.0524. The van der Waals surface area contributed by atoms with Crippen LogP contribution in [0.5, 0.6) is 5.75 Å². The summed E-state index contributed by atoms with van der Waals surface area (Å²) in [5, 5.41) is 0. The molecule has 0 spiro atoms. The maximum atomic E-state index is 12.1. The number of allylic oxidation sites excluding steroid dienone is 1. The number of carbonyl (C=O) groups is 1. The second-order valence-corrected chi connectivity index (χ2v) is 4.77. The van der Waals surface area contributed by atoms with Gasteiger partial charge in [-0.2, -0.15) is 0 Å². The van der Waals surface area contributed by atoms with Crippen LogP contribution in [-0.4, -0.2) is 12.6 Å². The van der Waals surface area contributed by atoms with Crippen molar-refractivity contribution in [2.45, 2.75) is 20.0 Å². The Kier molecular flexibility index (Phi) is 5.78. The van der Waals surface area contributed by atoms with Gasteiger partial charge >= 0.3 is 5.97 Å². The normalized spacial score (nSPS) is 10.0. The summed E-state index contributed by atoms with van der Waals surface area (Å²) in [7, 11) is 0. The van der Waals surface area contributed by atoms with Gasteiger partial charge in [0.05, 0.1) is 12.2 Å². The van der Waals surface area contributed by atoms with Gasteiger partial charge in [-0.1, -0.05) is 42.5 Å². The van der Waals surface area contributed by atoms with Crippen molar-refractivity contribution in [2.75, 3.05) is 6.61 Å². The fraction of sp³-hybridized carbons (Fsp3) is 0.211. The van der Waals surface area contributed by atoms with Crippen molar-refractivity contribution in [2.24, 2.45) is 0 Å². The smallest absolute Gasteiger partial charge is 0.338 e. The van der Waals surface area contributed by atoms with Crippen molar-refractivity contribution in [3.8, 4) is 5.75 Å². The summed E-state index contributed by atoms with van der Waals surface area (Å²) >= 11 is 0. The number of hydrogen-bond donors (Lipinski definition) is 0. The fourth-order valence-corrected chi connectivity index (χ4v) is 2.19. The highest BCUT2D eigenvalue weighted by Gasteiger charge is 2.15. The Balaban J connectivity index is 2.24. The van der Waals surface area contributed by atoms with Gasteiger partial charge in [0, 0.05) is 5.56 Å². The van der Waals surface area contributed by atoms with Crippen LogP contribution < -0.4 is 4.74 Å². The lowest BCUT2D eigenvalue weighted by Crippen LogP contribution is -2.09. The zero-order valence-corrected chi connectivity index (χ0v) is 12.7. The largest absolute Gasteiger partial charge is 0.489 e. The van der Waals surface area contributed by atoms with Crippen molar-refractivity contribution >= 4 is 5.97 Å². The van der Waals surface area contributed by atoms with E-state index in [1.54, 1.807) is 25.1 Å². The van der Waals surface area contributed by atoms with E-state index in [-0.39, 0.29) is 5.97 Å². The third kappa shape index (κ3) is 3.98. The average Bonchev–Trinajstić information content (AvgIpc) is 2.55. The molecular formula is C19H20O3. The second kappa shape index (κ2) is 8.03. The zero-order chi connectivity index (χ0) is 15.8. The summed E-state index contributed by atoms with van der Waals surface area (Å²) in [4.78, 5) is 12.1. The van der Waals surface area contributed by atoms with Crippen molar-refractivity contribution in [3.05, 3.63) is 77.9 Å². The van der Waals surface area contributed by atoms with Crippen LogP contribution in [0.2, 0.25) is 0 Å². The van der Waals surface area contributed by atoms with E-state index in [2.05, 4.69) is 6.58 Å². The third-order valence-electron chi connectivity index (χ3n) is 3.21. The Bertz CT molecular complexity index is 632. The molecule has 0 bridgehead atoms. The van der Waals surface area contributed by atoms with Crippen LogP contribution in [-0.2, 0) is 17.8 Å². The summed E-state index contributed by atoms with van der Waals surface area (Å²) in [6.45, 7) is 6.35. The van der Waals surface area contributed by atoms with E-state index in [0.29, 0.717) is 30.9 Å². The van der Waals surface area contributed by atoms with Crippen molar-refractivity contribution in [1.29, 1.82) is 0 Å². The molecule has 0 fully saturated rings. The molecule has 0 atom stereocenters. The van der Waals surface area contributed by atoms with Crippen molar-refractivity contribution in [3.63, 3.8) is 0 Å². The standard InChI is InChI=1S/C19H20O3/c1-3-9-16-17(19(20)21-4-2)12-8-13-18(16)22-14-15-10-6-5-7-11-15/h3,5-8,10-13H,1,4,9,14H2,2H3. The molecule has 2 rings (SSSR count). The van der Waals surface area contributed by atoms with Gasteiger partial charge < -0.3 is 9.47 Å². The third-order valence-corrected chi connectivity index (χ3v) is 3.21. The van der Waals surface area contributed by atoms with Crippen molar-refractivity contribution < 1.29 is 14.3 Å². The number of rotatable bonds is 7. The van der Waals surface area contributed by atoms with Crippen LogP contribution in [0.15, 0.2) is 61.2 Å². The van der Waals surface area contributed by atoms with E-state index >= 15 is 0 Å². The topological polar surface area (TPSA) is 35.5 Å². The van der Waals surface area contributed by atoms with Gasteiger partial charge in [0.1, 0.15) is 12.4 Å². The highest BCUT2D eigenvalue weighted by Crippen LogP contribution is 2.25. The van der Waals surface area contributed by atoms with Crippen molar-refractivity contribution in [1.82, 2.24) is 0 Å². The van der Waals surface area contributed by atoms with Gasteiger partial charge in [0.15, 0.2) is 0 Å². The molecule has 2 aromatic rings. The number of carbonyl (C=O) groups excluding carboxylic acids is 1. The van der Waals surface area contributed by atoms with E-state index in [9.17, 15) is 4.79 Å². The second-order valence-electron chi connectivity index (χ2n) is 4.77. The molecule has 0 saturated carbocycles. The van der Waals surface area contributed by atoms with Gasteiger partial charge in [0.25, 0.3) is 0 Å². The first-order valence-electron chi connectivity index (χ1n) is 7.33. The molecule has 2 aromatic carbocycles. The predicted octanol–water partition coefficient (Wildman–Crippen LogP) is 4.17. The number of ether oxygens (including phenoxy) is 2. The van der Waals surface area contributed by atoms with Crippen LogP contribution in [0.1, 0.15) is 28.4 Å². The Morgan fingerprint density at radius 2 is 1.91 bits per heavy atom. The molecule has 0 radical (unpaired) electrons. The van der Waals surface area contributed by atoms with Gasteiger partial charge in [-0.3, -0.25) is 0 Å². The lowest BCUT2D eigenvalue weighted by Gasteiger charge is -2.14. The maximum absolute atomic E-state index is 12.1. The van der Waals surface area contributed by atoms with Crippen LogP contribution in [0.4, 0.5) is 0 Å². The molecule has 3 nitrogen and oxygen atoms in total.